The number of nitrogens with zero attached hydrogens (tertiary/aromatic N) is 1. The minimum Gasteiger partial charge on any atom is -0.342 e. The van der Waals surface area contributed by atoms with Crippen LogP contribution in [0, 0.1) is 17.8 Å². The summed E-state index contributed by atoms with van der Waals surface area (Å²) < 4.78 is 13.0. The van der Waals surface area contributed by atoms with Gasteiger partial charge in [-0.15, -0.1) is 0 Å². The van der Waals surface area contributed by atoms with Gasteiger partial charge in [0, 0.05) is 25.0 Å². The number of piperidine rings is 1. The van der Waals surface area contributed by atoms with E-state index in [0.717, 1.165) is 19.3 Å². The molecule has 3 aliphatic rings. The molecule has 3 nitrogen and oxygen atoms in total. The molecule has 3 rings (SSSR count). The number of halogens is 1. The summed E-state index contributed by atoms with van der Waals surface area (Å²) in [5.74, 6) is 1.72. The average Bonchev–Trinajstić information content (AvgIpc) is 2.67. The van der Waals surface area contributed by atoms with Crippen molar-refractivity contribution in [3.63, 3.8) is 0 Å². The van der Waals surface area contributed by atoms with Gasteiger partial charge in [-0.1, -0.05) is 0 Å². The number of fused-ring (bicyclic) bond motifs is 1. The molecule has 2 aliphatic carbocycles. The number of amides is 1. The van der Waals surface area contributed by atoms with E-state index >= 15 is 0 Å². The van der Waals surface area contributed by atoms with E-state index in [-0.39, 0.29) is 11.8 Å². The van der Waals surface area contributed by atoms with Crippen molar-refractivity contribution in [2.24, 2.45) is 23.5 Å². The van der Waals surface area contributed by atoms with Gasteiger partial charge in [0.1, 0.15) is 6.17 Å². The quantitative estimate of drug-likeness (QED) is 0.751. The summed E-state index contributed by atoms with van der Waals surface area (Å²) in [5, 5.41) is 0. The van der Waals surface area contributed by atoms with Crippen molar-refractivity contribution >= 4 is 5.91 Å². The lowest BCUT2D eigenvalue weighted by molar-refractivity contribution is -0.136. The molecular formula is C13H21FN2O. The number of hydrogen-bond acceptors (Lipinski definition) is 2. The molecule has 1 unspecified atom stereocenters. The fraction of sp³-hybridized carbons (Fsp3) is 0.923. The van der Waals surface area contributed by atoms with Crippen molar-refractivity contribution in [1.82, 2.24) is 4.90 Å². The van der Waals surface area contributed by atoms with Crippen LogP contribution in [0.4, 0.5) is 4.39 Å². The standard InChI is InChI=1S/C13H21FN2O/c14-10-1-3-16(4-2-10)13(17)9-5-8-7-12(15)11(8)6-9/h8-12H,1-7,15H2/t8-,9?,11-,12+/m0/s1. The van der Waals surface area contributed by atoms with Crippen LogP contribution in [0.15, 0.2) is 0 Å². The molecule has 1 amide bonds. The molecule has 1 heterocycles. The van der Waals surface area contributed by atoms with Gasteiger partial charge in [-0.25, -0.2) is 4.39 Å². The van der Waals surface area contributed by atoms with Gasteiger partial charge in [0.05, 0.1) is 0 Å². The Morgan fingerprint density at radius 2 is 1.88 bits per heavy atom. The minimum atomic E-state index is -0.702. The lowest BCUT2D eigenvalue weighted by atomic mass is 9.72. The molecule has 0 aromatic heterocycles. The van der Waals surface area contributed by atoms with Crippen molar-refractivity contribution < 1.29 is 9.18 Å². The Morgan fingerprint density at radius 3 is 2.47 bits per heavy atom. The van der Waals surface area contributed by atoms with Gasteiger partial charge in [0.25, 0.3) is 0 Å². The summed E-state index contributed by atoms with van der Waals surface area (Å²) in [5.41, 5.74) is 5.95. The molecule has 2 N–H and O–H groups in total. The van der Waals surface area contributed by atoms with E-state index in [9.17, 15) is 9.18 Å². The monoisotopic (exact) mass is 240 g/mol. The minimum absolute atomic E-state index is 0.176. The summed E-state index contributed by atoms with van der Waals surface area (Å²) in [4.78, 5) is 14.2. The van der Waals surface area contributed by atoms with Crippen LogP contribution < -0.4 is 5.73 Å². The normalized spacial score (nSPS) is 42.1. The van der Waals surface area contributed by atoms with E-state index in [2.05, 4.69) is 0 Å². The third-order valence-corrected chi connectivity index (χ3v) is 4.96. The Hall–Kier alpha value is -0.640. The van der Waals surface area contributed by atoms with Crippen LogP contribution in [0.2, 0.25) is 0 Å². The van der Waals surface area contributed by atoms with Crippen LogP contribution in [0.25, 0.3) is 0 Å². The lowest BCUT2D eigenvalue weighted by Gasteiger charge is -2.37. The van der Waals surface area contributed by atoms with E-state index in [1.54, 1.807) is 0 Å². The predicted octanol–water partition coefficient (Wildman–Crippen LogP) is 1.32. The van der Waals surface area contributed by atoms with Crippen LogP contribution >= 0.6 is 0 Å². The van der Waals surface area contributed by atoms with Gasteiger partial charge >= 0.3 is 0 Å². The number of alkyl halides is 1. The molecule has 0 aromatic carbocycles. The van der Waals surface area contributed by atoms with Crippen molar-refractivity contribution in [2.75, 3.05) is 13.1 Å². The second kappa shape index (κ2) is 4.23. The number of carbonyl (C=O) groups is 1. The second-order valence-electron chi connectivity index (χ2n) is 5.99. The molecule has 4 atom stereocenters. The first kappa shape index (κ1) is 11.5. The highest BCUT2D eigenvalue weighted by Gasteiger charge is 2.48. The second-order valence-corrected chi connectivity index (χ2v) is 5.99. The molecule has 96 valence electrons. The fourth-order valence-corrected chi connectivity index (χ4v) is 3.81. The van der Waals surface area contributed by atoms with E-state index in [1.807, 2.05) is 4.90 Å². The molecule has 0 bridgehead atoms. The van der Waals surface area contributed by atoms with Crippen LogP contribution in [0.5, 0.6) is 0 Å². The topological polar surface area (TPSA) is 46.3 Å². The highest BCUT2D eigenvalue weighted by atomic mass is 19.1. The lowest BCUT2D eigenvalue weighted by Crippen LogP contribution is -2.44. The van der Waals surface area contributed by atoms with Gasteiger partial charge < -0.3 is 10.6 Å². The predicted molar refractivity (Wildman–Crippen MR) is 63.0 cm³/mol. The number of carbonyl (C=O) groups excluding carboxylic acids is 1. The van der Waals surface area contributed by atoms with Crippen LogP contribution in [0.3, 0.4) is 0 Å². The zero-order chi connectivity index (χ0) is 12.0. The zero-order valence-electron chi connectivity index (χ0n) is 10.1. The highest BCUT2D eigenvalue weighted by molar-refractivity contribution is 5.79. The first-order chi connectivity index (χ1) is 8.15. The Balaban J connectivity index is 1.56. The maximum absolute atomic E-state index is 13.0. The van der Waals surface area contributed by atoms with Gasteiger partial charge in [-0.3, -0.25) is 4.79 Å². The smallest absolute Gasteiger partial charge is 0.225 e. The highest BCUT2D eigenvalue weighted by Crippen LogP contribution is 2.49. The fourth-order valence-electron chi connectivity index (χ4n) is 3.81. The third-order valence-electron chi connectivity index (χ3n) is 4.96. The van der Waals surface area contributed by atoms with E-state index < -0.39 is 6.17 Å². The van der Waals surface area contributed by atoms with Crippen LogP contribution in [0.1, 0.15) is 32.1 Å². The number of likely N-dealkylation sites (tertiary alicyclic amines) is 1. The average molecular weight is 240 g/mol. The molecule has 0 radical (unpaired) electrons. The Labute approximate surface area is 102 Å². The van der Waals surface area contributed by atoms with Gasteiger partial charge in [0.15, 0.2) is 0 Å². The number of nitrogens with two attached hydrogens (primary N) is 1. The van der Waals surface area contributed by atoms with E-state index in [0.29, 0.717) is 43.8 Å². The maximum atomic E-state index is 13.0. The first-order valence-electron chi connectivity index (χ1n) is 6.83. The molecule has 17 heavy (non-hydrogen) atoms. The first-order valence-corrected chi connectivity index (χ1v) is 6.83. The zero-order valence-corrected chi connectivity index (χ0v) is 10.1. The van der Waals surface area contributed by atoms with Crippen molar-refractivity contribution in [1.29, 1.82) is 0 Å². The van der Waals surface area contributed by atoms with Crippen molar-refractivity contribution in [3.05, 3.63) is 0 Å². The Bertz CT molecular complexity index is 315. The molecule has 3 fully saturated rings. The molecule has 0 spiro atoms. The van der Waals surface area contributed by atoms with Crippen LogP contribution in [-0.2, 0) is 4.79 Å². The molecule has 1 aliphatic heterocycles. The SMILES string of the molecule is N[C@@H]1C[C@@H]2CC(C(=O)N3CCC(F)CC3)C[C@@H]21. The molecule has 1 saturated heterocycles. The summed E-state index contributed by atoms with van der Waals surface area (Å²) in [6, 6.07) is 0.328. The third kappa shape index (κ3) is 1.96. The summed E-state index contributed by atoms with van der Waals surface area (Å²) in [6.45, 7) is 1.22. The molecule has 0 aromatic rings. The Kier molecular flexibility index (Phi) is 2.85. The van der Waals surface area contributed by atoms with Crippen molar-refractivity contribution in [3.8, 4) is 0 Å². The summed E-state index contributed by atoms with van der Waals surface area (Å²) >= 11 is 0. The molecule has 4 heteroatoms. The maximum Gasteiger partial charge on any atom is 0.225 e. The molecule has 2 saturated carbocycles. The number of hydrogen-bond donors (Lipinski definition) is 1. The molecular weight excluding hydrogens is 219 g/mol. The van der Waals surface area contributed by atoms with Gasteiger partial charge in [-0.05, 0) is 43.9 Å². The van der Waals surface area contributed by atoms with Crippen molar-refractivity contribution in [2.45, 2.75) is 44.3 Å². The van der Waals surface area contributed by atoms with Gasteiger partial charge in [-0.2, -0.15) is 0 Å². The Morgan fingerprint density at radius 1 is 1.18 bits per heavy atom. The van der Waals surface area contributed by atoms with Gasteiger partial charge in [0.2, 0.25) is 5.91 Å². The largest absolute Gasteiger partial charge is 0.342 e. The van der Waals surface area contributed by atoms with E-state index in [4.69, 9.17) is 5.73 Å². The summed E-state index contributed by atoms with van der Waals surface area (Å²) in [6.07, 6.45) is 3.43. The summed E-state index contributed by atoms with van der Waals surface area (Å²) in [7, 11) is 0. The van der Waals surface area contributed by atoms with Crippen LogP contribution in [-0.4, -0.2) is 36.1 Å². The van der Waals surface area contributed by atoms with E-state index in [1.165, 1.54) is 0 Å². The number of rotatable bonds is 1.